The molecule has 1 saturated heterocycles. The molecule has 1 N–H and O–H groups in total. The molecule has 2 aliphatic rings. The zero-order chi connectivity index (χ0) is 13.4. The number of ether oxygens (including phenoxy) is 2. The van der Waals surface area contributed by atoms with Gasteiger partial charge in [0.2, 0.25) is 0 Å². The van der Waals surface area contributed by atoms with E-state index in [-0.39, 0.29) is 17.4 Å². The maximum absolute atomic E-state index is 10.4. The lowest BCUT2D eigenvalue weighted by molar-refractivity contribution is -0.0855. The van der Waals surface area contributed by atoms with Crippen LogP contribution >= 0.6 is 0 Å². The van der Waals surface area contributed by atoms with Gasteiger partial charge in [-0.05, 0) is 45.4 Å². The van der Waals surface area contributed by atoms with Gasteiger partial charge in [-0.25, -0.2) is 0 Å². The second kappa shape index (κ2) is 5.10. The Kier molecular flexibility index (Phi) is 4.05. The summed E-state index contributed by atoms with van der Waals surface area (Å²) in [5.74, 6) is 0.234. The second-order valence-corrected chi connectivity index (χ2v) is 6.83. The van der Waals surface area contributed by atoms with E-state index >= 15 is 0 Å². The summed E-state index contributed by atoms with van der Waals surface area (Å²) in [4.78, 5) is 0. The van der Waals surface area contributed by atoms with Crippen LogP contribution in [-0.4, -0.2) is 36.1 Å². The van der Waals surface area contributed by atoms with E-state index in [1.807, 2.05) is 20.8 Å². The average molecular weight is 256 g/mol. The first-order valence-corrected chi connectivity index (χ1v) is 7.32. The normalized spacial score (nSPS) is 41.5. The van der Waals surface area contributed by atoms with E-state index in [1.165, 1.54) is 6.42 Å². The van der Waals surface area contributed by atoms with Crippen molar-refractivity contribution < 1.29 is 14.6 Å². The van der Waals surface area contributed by atoms with Crippen LogP contribution in [0.4, 0.5) is 0 Å². The topological polar surface area (TPSA) is 42.0 Å². The fourth-order valence-corrected chi connectivity index (χ4v) is 3.56. The number of epoxide rings is 1. The zero-order valence-electron chi connectivity index (χ0n) is 12.2. The van der Waals surface area contributed by atoms with Crippen LogP contribution in [0.15, 0.2) is 0 Å². The Hall–Kier alpha value is -0.120. The Labute approximate surface area is 111 Å². The van der Waals surface area contributed by atoms with Gasteiger partial charge in [0.1, 0.15) is 0 Å². The van der Waals surface area contributed by atoms with Crippen molar-refractivity contribution in [1.82, 2.24) is 0 Å². The summed E-state index contributed by atoms with van der Waals surface area (Å²) in [7, 11) is 0. The molecule has 1 aliphatic carbocycles. The van der Waals surface area contributed by atoms with Crippen LogP contribution in [0.5, 0.6) is 0 Å². The molecule has 3 heteroatoms. The molecule has 0 aromatic heterocycles. The van der Waals surface area contributed by atoms with Crippen molar-refractivity contribution in [3.05, 3.63) is 0 Å². The third-order valence-corrected chi connectivity index (χ3v) is 4.78. The van der Waals surface area contributed by atoms with Gasteiger partial charge in [0, 0.05) is 12.5 Å². The summed E-state index contributed by atoms with van der Waals surface area (Å²) in [6.07, 6.45) is 4.99. The van der Waals surface area contributed by atoms with Gasteiger partial charge >= 0.3 is 0 Å². The summed E-state index contributed by atoms with van der Waals surface area (Å²) >= 11 is 0. The lowest BCUT2D eigenvalue weighted by atomic mass is 9.76. The minimum absolute atomic E-state index is 0.159. The Bertz CT molecular complexity index is 280. The lowest BCUT2D eigenvalue weighted by Gasteiger charge is -2.37. The number of rotatable bonds is 4. The molecule has 2 fully saturated rings. The predicted octanol–water partition coefficient (Wildman–Crippen LogP) is 2.76. The average Bonchev–Trinajstić information content (AvgIpc) is 3.03. The highest BCUT2D eigenvalue weighted by Crippen LogP contribution is 2.47. The Morgan fingerprint density at radius 2 is 2.11 bits per heavy atom. The van der Waals surface area contributed by atoms with Crippen LogP contribution in [0.3, 0.4) is 0 Å². The van der Waals surface area contributed by atoms with E-state index in [2.05, 4.69) is 6.92 Å². The van der Waals surface area contributed by atoms with Gasteiger partial charge in [0.05, 0.1) is 24.4 Å². The van der Waals surface area contributed by atoms with E-state index in [9.17, 15) is 5.11 Å². The molecule has 106 valence electrons. The molecule has 4 atom stereocenters. The largest absolute Gasteiger partial charge is 0.390 e. The van der Waals surface area contributed by atoms with E-state index in [0.717, 1.165) is 32.5 Å². The van der Waals surface area contributed by atoms with Crippen molar-refractivity contribution in [1.29, 1.82) is 0 Å². The highest BCUT2D eigenvalue weighted by molar-refractivity contribution is 4.98. The first-order chi connectivity index (χ1) is 8.37. The standard InChI is InChI=1S/C15H28O3/c1-5-17-12-9-15(4,13-10-18-13)8-6-7-11(12)14(2,3)16/h11-13,16H,5-10H2,1-4H3. The van der Waals surface area contributed by atoms with Crippen molar-refractivity contribution in [2.75, 3.05) is 13.2 Å². The molecule has 4 unspecified atom stereocenters. The fraction of sp³-hybridized carbons (Fsp3) is 1.00. The Morgan fingerprint density at radius 1 is 1.44 bits per heavy atom. The number of hydrogen-bond donors (Lipinski definition) is 1. The first-order valence-electron chi connectivity index (χ1n) is 7.32. The second-order valence-electron chi connectivity index (χ2n) is 6.83. The van der Waals surface area contributed by atoms with Crippen LogP contribution in [0.2, 0.25) is 0 Å². The van der Waals surface area contributed by atoms with Gasteiger partial charge in [0.15, 0.2) is 0 Å². The summed E-state index contributed by atoms with van der Waals surface area (Å²) in [6.45, 7) is 9.82. The van der Waals surface area contributed by atoms with E-state index in [4.69, 9.17) is 9.47 Å². The van der Waals surface area contributed by atoms with Crippen molar-refractivity contribution in [3.8, 4) is 0 Å². The molecule has 3 nitrogen and oxygen atoms in total. The predicted molar refractivity (Wildman–Crippen MR) is 71.5 cm³/mol. The van der Waals surface area contributed by atoms with Crippen molar-refractivity contribution in [2.45, 2.75) is 71.2 Å². The minimum atomic E-state index is -0.657. The maximum Gasteiger partial charge on any atom is 0.0864 e. The number of aliphatic hydroxyl groups is 1. The van der Waals surface area contributed by atoms with Crippen LogP contribution in [-0.2, 0) is 9.47 Å². The smallest absolute Gasteiger partial charge is 0.0864 e. The molecule has 0 aromatic carbocycles. The molecule has 1 saturated carbocycles. The van der Waals surface area contributed by atoms with Crippen molar-refractivity contribution in [2.24, 2.45) is 11.3 Å². The lowest BCUT2D eigenvalue weighted by Crippen LogP contribution is -2.42. The molecular formula is C15H28O3. The van der Waals surface area contributed by atoms with Gasteiger partial charge in [-0.1, -0.05) is 13.3 Å². The van der Waals surface area contributed by atoms with E-state index in [1.54, 1.807) is 0 Å². The number of hydrogen-bond acceptors (Lipinski definition) is 3. The van der Waals surface area contributed by atoms with Crippen LogP contribution in [0, 0.1) is 11.3 Å². The van der Waals surface area contributed by atoms with Crippen molar-refractivity contribution in [3.63, 3.8) is 0 Å². The molecule has 0 amide bonds. The van der Waals surface area contributed by atoms with Crippen LogP contribution < -0.4 is 0 Å². The molecule has 2 rings (SSSR count). The highest BCUT2D eigenvalue weighted by atomic mass is 16.6. The van der Waals surface area contributed by atoms with Crippen LogP contribution in [0.1, 0.15) is 53.4 Å². The van der Waals surface area contributed by atoms with Gasteiger partial charge in [-0.2, -0.15) is 0 Å². The molecule has 0 spiro atoms. The Balaban J connectivity index is 2.13. The molecule has 0 radical (unpaired) electrons. The maximum atomic E-state index is 10.4. The SMILES string of the molecule is CCOC1CC(C)(C2CO2)CCCC1C(C)(C)O. The molecule has 1 aliphatic heterocycles. The quantitative estimate of drug-likeness (QED) is 0.621. The molecule has 0 aromatic rings. The fourth-order valence-electron chi connectivity index (χ4n) is 3.56. The van der Waals surface area contributed by atoms with Gasteiger partial charge in [-0.15, -0.1) is 0 Å². The minimum Gasteiger partial charge on any atom is -0.390 e. The molecular weight excluding hydrogens is 228 g/mol. The first kappa shape index (κ1) is 14.3. The van der Waals surface area contributed by atoms with Gasteiger partial charge in [-0.3, -0.25) is 0 Å². The molecule has 18 heavy (non-hydrogen) atoms. The highest BCUT2D eigenvalue weighted by Gasteiger charge is 2.48. The summed E-state index contributed by atoms with van der Waals surface area (Å²) in [6, 6.07) is 0. The van der Waals surface area contributed by atoms with Gasteiger partial charge in [0.25, 0.3) is 0 Å². The Morgan fingerprint density at radius 3 is 2.61 bits per heavy atom. The zero-order valence-corrected chi connectivity index (χ0v) is 12.2. The molecule has 0 bridgehead atoms. The summed E-state index contributed by atoms with van der Waals surface area (Å²) < 4.78 is 11.5. The van der Waals surface area contributed by atoms with E-state index < -0.39 is 5.60 Å². The van der Waals surface area contributed by atoms with Crippen LogP contribution in [0.25, 0.3) is 0 Å². The molecule has 1 heterocycles. The summed E-state index contributed by atoms with van der Waals surface area (Å²) in [5.41, 5.74) is -0.421. The van der Waals surface area contributed by atoms with Gasteiger partial charge < -0.3 is 14.6 Å². The third kappa shape index (κ3) is 3.06. The van der Waals surface area contributed by atoms with E-state index in [0.29, 0.717) is 6.10 Å². The summed E-state index contributed by atoms with van der Waals surface area (Å²) in [5, 5.41) is 10.4. The third-order valence-electron chi connectivity index (χ3n) is 4.78. The van der Waals surface area contributed by atoms with Crippen molar-refractivity contribution >= 4 is 0 Å². The monoisotopic (exact) mass is 256 g/mol.